The van der Waals surface area contributed by atoms with Gasteiger partial charge in [0.15, 0.2) is 11.1 Å². The highest BCUT2D eigenvalue weighted by Crippen LogP contribution is 2.38. The molecular weight excluding hydrogens is 713 g/mol. The number of benzene rings is 2. The quantitative estimate of drug-likeness (QED) is 0.0702. The van der Waals surface area contributed by atoms with Gasteiger partial charge in [-0.25, -0.2) is 24.2 Å². The van der Waals surface area contributed by atoms with Crippen molar-refractivity contribution in [3.63, 3.8) is 0 Å². The van der Waals surface area contributed by atoms with Crippen LogP contribution in [0.5, 0.6) is 0 Å². The first-order valence-electron chi connectivity index (χ1n) is 18.4. The molecule has 7 rings (SSSR count). The molecule has 5 heterocycles. The summed E-state index contributed by atoms with van der Waals surface area (Å²) in [4.78, 5) is 71.4. The number of esters is 4. The Morgan fingerprint density at radius 1 is 0.554 bits per heavy atom. The van der Waals surface area contributed by atoms with Crippen LogP contribution in [0.15, 0.2) is 84.9 Å². The molecule has 0 amide bonds. The molecule has 0 unspecified atom stereocenters. The van der Waals surface area contributed by atoms with Crippen LogP contribution >= 0.6 is 0 Å². The molecule has 0 atom stereocenters. The molecule has 12 heteroatoms. The van der Waals surface area contributed by atoms with Gasteiger partial charge in [-0.15, -0.1) is 0 Å². The van der Waals surface area contributed by atoms with Crippen molar-refractivity contribution in [1.29, 1.82) is 0 Å². The summed E-state index contributed by atoms with van der Waals surface area (Å²) in [5.74, 6) is -3.18. The molecule has 282 valence electrons. The summed E-state index contributed by atoms with van der Waals surface area (Å²) in [6.45, 7) is 6.70. The molecule has 0 aliphatic carbocycles. The van der Waals surface area contributed by atoms with Crippen LogP contribution in [0.25, 0.3) is 67.5 Å². The number of nitrogens with zero attached hydrogens (tertiary/aromatic N) is 1. The second-order valence-electron chi connectivity index (χ2n) is 12.6. The summed E-state index contributed by atoms with van der Waals surface area (Å²) in [7, 11) is 0. The van der Waals surface area contributed by atoms with E-state index in [4.69, 9.17) is 23.9 Å². The fourth-order valence-electron chi connectivity index (χ4n) is 6.88. The lowest BCUT2D eigenvalue weighted by atomic mass is 9.98. The Morgan fingerprint density at radius 3 is 1.59 bits per heavy atom. The van der Waals surface area contributed by atoms with Crippen LogP contribution in [0.4, 0.5) is 0 Å². The van der Waals surface area contributed by atoms with Crippen molar-refractivity contribution in [2.75, 3.05) is 26.4 Å². The highest BCUT2D eigenvalue weighted by molar-refractivity contribution is 6.20. The Labute approximate surface area is 321 Å². The standard InChI is InChI=1S/C44H38N4O8/c1-5-53-41(49)35-31-23-27-19-21-29(45-27)33(25-15-11-9-12-16-25)30-22-20-28(46-30)24-32-36(42(50)54-6-2)38(44(52)56-8-4)40(48-32)34(26-17-13-10-14-18-26)39(47-31)37(35)43(51)55-7-3/h9-24H,5-8H2,1-4H3,(H2-,45,46,47,48,49,50,51,52)/p+1. The Kier molecular flexibility index (Phi) is 10.7. The first kappa shape index (κ1) is 37.2. The first-order chi connectivity index (χ1) is 27.3. The number of nitrogens with one attached hydrogen (secondary N) is 3. The van der Waals surface area contributed by atoms with Crippen molar-refractivity contribution in [2.24, 2.45) is 0 Å². The number of rotatable bonds is 10. The minimum absolute atomic E-state index is 0.000672. The van der Waals surface area contributed by atoms with Gasteiger partial charge in [-0.3, -0.25) is 0 Å². The van der Waals surface area contributed by atoms with Crippen molar-refractivity contribution < 1.29 is 38.1 Å². The van der Waals surface area contributed by atoms with E-state index in [0.29, 0.717) is 22.5 Å². The number of aromatic amines is 3. The highest BCUT2D eigenvalue weighted by atomic mass is 16.5. The van der Waals surface area contributed by atoms with Crippen molar-refractivity contribution in [3.8, 4) is 22.3 Å². The Morgan fingerprint density at radius 2 is 1.05 bits per heavy atom. The molecule has 8 bridgehead atoms. The summed E-state index contributed by atoms with van der Waals surface area (Å²) in [5.41, 5.74) is 5.13. The lowest BCUT2D eigenvalue weighted by Gasteiger charge is -2.05. The second kappa shape index (κ2) is 16.1. The third-order valence-electron chi connectivity index (χ3n) is 9.09. The fraction of sp³-hybridized carbons (Fsp3) is 0.182. The van der Waals surface area contributed by atoms with E-state index >= 15 is 0 Å². The number of H-pyrrole nitrogens is 3. The van der Waals surface area contributed by atoms with Gasteiger partial charge in [0.25, 0.3) is 0 Å². The minimum Gasteiger partial charge on any atom is -0.462 e. The van der Waals surface area contributed by atoms with Gasteiger partial charge in [-0.05, 0) is 87.9 Å². The largest absolute Gasteiger partial charge is 0.462 e. The first-order valence-corrected chi connectivity index (χ1v) is 18.4. The van der Waals surface area contributed by atoms with Gasteiger partial charge < -0.3 is 33.9 Å². The van der Waals surface area contributed by atoms with Crippen LogP contribution in [0.3, 0.4) is 0 Å². The van der Waals surface area contributed by atoms with Crippen LogP contribution in [-0.4, -0.2) is 70.2 Å². The topological polar surface area (TPSA) is 165 Å². The van der Waals surface area contributed by atoms with Crippen LogP contribution < -0.4 is 0 Å². The molecule has 4 aromatic heterocycles. The van der Waals surface area contributed by atoms with Crippen LogP contribution in [0.2, 0.25) is 0 Å². The van der Waals surface area contributed by atoms with Crippen molar-refractivity contribution in [3.05, 3.63) is 119 Å². The second-order valence-corrected chi connectivity index (χ2v) is 12.6. The zero-order chi connectivity index (χ0) is 39.3. The van der Waals surface area contributed by atoms with Crippen molar-refractivity contribution in [1.82, 2.24) is 19.9 Å². The van der Waals surface area contributed by atoms with Crippen LogP contribution in [0.1, 0.15) is 80.5 Å². The predicted molar refractivity (Wildman–Crippen MR) is 214 cm³/mol. The number of carbonyl (C=O) groups excluding carboxylic acids is 4. The molecule has 0 saturated carbocycles. The average Bonchev–Trinajstić information content (AvgIpc) is 4.00. The zero-order valence-electron chi connectivity index (χ0n) is 31.3. The van der Waals surface area contributed by atoms with Gasteiger partial charge in [-0.2, -0.15) is 0 Å². The van der Waals surface area contributed by atoms with Crippen LogP contribution in [-0.2, 0) is 18.9 Å². The molecule has 12 nitrogen and oxygen atoms in total. The number of hydrogen-bond acceptors (Lipinski definition) is 9. The predicted octanol–water partition coefficient (Wildman–Crippen LogP) is 9.02. The van der Waals surface area contributed by atoms with Gasteiger partial charge in [0.2, 0.25) is 0 Å². The average molecular weight is 752 g/mol. The summed E-state index contributed by atoms with van der Waals surface area (Å²) < 4.78 is 22.3. The van der Waals surface area contributed by atoms with E-state index in [-0.39, 0.29) is 76.3 Å². The maximum atomic E-state index is 14.2. The highest BCUT2D eigenvalue weighted by Gasteiger charge is 2.36. The third kappa shape index (κ3) is 7.00. The Bertz CT molecular complexity index is 2660. The maximum absolute atomic E-state index is 14.2. The van der Waals surface area contributed by atoms with E-state index in [1.54, 1.807) is 64.1 Å². The molecule has 0 saturated heterocycles. The smallest absolute Gasteiger partial charge is 0.375 e. The molecule has 1 aliphatic heterocycles. The van der Waals surface area contributed by atoms with E-state index in [1.807, 2.05) is 60.7 Å². The molecular formula is C44H39N4O8+. The summed E-state index contributed by atoms with van der Waals surface area (Å²) in [5, 5.41) is 0. The van der Waals surface area contributed by atoms with Gasteiger partial charge >= 0.3 is 23.9 Å². The molecule has 0 spiro atoms. The Balaban J connectivity index is 1.81. The van der Waals surface area contributed by atoms with E-state index in [1.165, 1.54) is 0 Å². The molecule has 0 fully saturated rings. The molecule has 1 aliphatic rings. The summed E-state index contributed by atoms with van der Waals surface area (Å²) in [6, 6.07) is 25.8. The number of carbonyl (C=O) groups is 4. The third-order valence-corrected chi connectivity index (χ3v) is 9.09. The van der Waals surface area contributed by atoms with E-state index in [9.17, 15) is 19.2 Å². The zero-order valence-corrected chi connectivity index (χ0v) is 31.3. The Hall–Kier alpha value is -7.08. The number of aromatic nitrogens is 4. The molecule has 2 aromatic carbocycles. The van der Waals surface area contributed by atoms with Gasteiger partial charge in [0, 0.05) is 28.7 Å². The maximum Gasteiger partial charge on any atom is 0.375 e. The fourth-order valence-corrected chi connectivity index (χ4v) is 6.88. The number of ether oxygens (including phenoxy) is 4. The van der Waals surface area contributed by atoms with Crippen molar-refractivity contribution >= 4 is 69.1 Å². The van der Waals surface area contributed by atoms with Crippen LogP contribution in [0, 0.1) is 0 Å². The van der Waals surface area contributed by atoms with E-state index in [0.717, 1.165) is 16.6 Å². The van der Waals surface area contributed by atoms with E-state index < -0.39 is 23.9 Å². The lowest BCUT2D eigenvalue weighted by Crippen LogP contribution is -2.13. The molecule has 0 radical (unpaired) electrons. The van der Waals surface area contributed by atoms with Crippen molar-refractivity contribution in [2.45, 2.75) is 27.7 Å². The lowest BCUT2D eigenvalue weighted by molar-refractivity contribution is 0.0483. The normalized spacial score (nSPS) is 11.4. The van der Waals surface area contributed by atoms with Gasteiger partial charge in [-0.1, -0.05) is 30.3 Å². The minimum atomic E-state index is -0.816. The molecule has 6 aromatic rings. The monoisotopic (exact) mass is 751 g/mol. The summed E-state index contributed by atoms with van der Waals surface area (Å²) >= 11 is 0. The molecule has 56 heavy (non-hydrogen) atoms. The SMILES string of the molecule is CCOC(=O)c1c(C(=O)OCC)c2[nH]c1cc1nc(c(-c3ccccc3)c3ccc(cc4[nH]c(c(C(=O)OCC)c4C(=O)OCC)[c+]2-c2ccccc2)[nH]3)C=C1. The summed E-state index contributed by atoms with van der Waals surface area (Å²) in [6.07, 6.45) is 3.69. The number of fused-ring (bicyclic) bond motifs is 8. The van der Waals surface area contributed by atoms with E-state index in [2.05, 4.69) is 15.0 Å². The number of hydrogen-bond donors (Lipinski definition) is 3. The molecule has 3 N–H and O–H groups in total. The van der Waals surface area contributed by atoms with Gasteiger partial charge in [0.1, 0.15) is 27.7 Å². The van der Waals surface area contributed by atoms with Gasteiger partial charge in [0.05, 0.1) is 54.4 Å².